The third-order valence-electron chi connectivity index (χ3n) is 4.04. The van der Waals surface area contributed by atoms with Gasteiger partial charge in [-0.2, -0.15) is 0 Å². The molecule has 0 unspecified atom stereocenters. The lowest BCUT2D eigenvalue weighted by Crippen LogP contribution is -2.40. The summed E-state index contributed by atoms with van der Waals surface area (Å²) in [6, 6.07) is 7.81. The van der Waals surface area contributed by atoms with Gasteiger partial charge in [-0.25, -0.2) is 4.79 Å². The molecule has 1 aromatic rings. The van der Waals surface area contributed by atoms with Crippen molar-refractivity contribution in [2.45, 2.75) is 51.7 Å². The molecule has 114 valence electrons. The molecule has 2 saturated carbocycles. The molecule has 2 fully saturated rings. The van der Waals surface area contributed by atoms with Crippen LogP contribution in [0.3, 0.4) is 0 Å². The Kier molecular flexibility index (Phi) is 4.04. The molecule has 2 N–H and O–H groups in total. The molecule has 2 aliphatic carbocycles. The Morgan fingerprint density at radius 3 is 2.14 bits per heavy atom. The molecule has 2 aliphatic rings. The lowest BCUT2D eigenvalue weighted by atomic mass is 10.1. The van der Waals surface area contributed by atoms with Crippen LogP contribution in [0.5, 0.6) is 5.75 Å². The van der Waals surface area contributed by atoms with E-state index >= 15 is 0 Å². The molecule has 21 heavy (non-hydrogen) atoms. The molecular formula is C17H24N2O2. The van der Waals surface area contributed by atoms with Crippen LogP contribution < -0.4 is 15.4 Å². The van der Waals surface area contributed by atoms with E-state index in [1.165, 1.54) is 25.7 Å². The standard InChI is InChI=1S/C17H24N2O2/c1-11(2)21-15-9-7-14(8-10-15)18-17(20)19-16(12-3-4-12)13-5-6-13/h7-13,16H,3-6H2,1-2H3,(H2,18,19,20). The fraction of sp³-hybridized carbons (Fsp3) is 0.588. The highest BCUT2D eigenvalue weighted by Gasteiger charge is 2.42. The van der Waals surface area contributed by atoms with Gasteiger partial charge in [0.05, 0.1) is 6.10 Å². The summed E-state index contributed by atoms with van der Waals surface area (Å²) < 4.78 is 5.59. The monoisotopic (exact) mass is 288 g/mol. The van der Waals surface area contributed by atoms with Gasteiger partial charge in [0.2, 0.25) is 0 Å². The minimum Gasteiger partial charge on any atom is -0.491 e. The molecule has 0 saturated heterocycles. The van der Waals surface area contributed by atoms with Crippen LogP contribution in [-0.2, 0) is 0 Å². The van der Waals surface area contributed by atoms with Crippen molar-refractivity contribution in [3.05, 3.63) is 24.3 Å². The topological polar surface area (TPSA) is 50.4 Å². The minimum absolute atomic E-state index is 0.0867. The van der Waals surface area contributed by atoms with Crippen molar-refractivity contribution >= 4 is 11.7 Å². The Hall–Kier alpha value is -1.71. The predicted octanol–water partition coefficient (Wildman–Crippen LogP) is 3.78. The summed E-state index contributed by atoms with van der Waals surface area (Å²) >= 11 is 0. The second kappa shape index (κ2) is 5.96. The second-order valence-corrected chi connectivity index (χ2v) is 6.49. The van der Waals surface area contributed by atoms with Crippen molar-refractivity contribution in [1.29, 1.82) is 0 Å². The summed E-state index contributed by atoms with van der Waals surface area (Å²) in [5.74, 6) is 2.25. The van der Waals surface area contributed by atoms with Gasteiger partial charge in [-0.1, -0.05) is 0 Å². The fourth-order valence-corrected chi connectivity index (χ4v) is 2.74. The van der Waals surface area contributed by atoms with E-state index in [0.29, 0.717) is 17.9 Å². The number of anilines is 1. The maximum Gasteiger partial charge on any atom is 0.319 e. The van der Waals surface area contributed by atoms with Gasteiger partial charge in [0.15, 0.2) is 0 Å². The number of carbonyl (C=O) groups is 1. The number of amides is 2. The molecule has 0 aliphatic heterocycles. The number of rotatable bonds is 6. The van der Waals surface area contributed by atoms with Crippen molar-refractivity contribution in [1.82, 2.24) is 5.32 Å². The summed E-state index contributed by atoms with van der Waals surface area (Å²) in [4.78, 5) is 12.1. The predicted molar refractivity (Wildman–Crippen MR) is 83.6 cm³/mol. The molecule has 4 nitrogen and oxygen atoms in total. The van der Waals surface area contributed by atoms with Gasteiger partial charge in [-0.15, -0.1) is 0 Å². The molecule has 0 bridgehead atoms. The van der Waals surface area contributed by atoms with Gasteiger partial charge in [0, 0.05) is 11.7 Å². The van der Waals surface area contributed by atoms with E-state index in [0.717, 1.165) is 11.4 Å². The summed E-state index contributed by atoms with van der Waals surface area (Å²) in [5, 5.41) is 6.07. The summed E-state index contributed by atoms with van der Waals surface area (Å²) in [7, 11) is 0. The molecule has 0 aromatic heterocycles. The van der Waals surface area contributed by atoms with E-state index in [9.17, 15) is 4.79 Å². The van der Waals surface area contributed by atoms with Crippen LogP contribution in [0.1, 0.15) is 39.5 Å². The van der Waals surface area contributed by atoms with Gasteiger partial charge >= 0.3 is 6.03 Å². The van der Waals surface area contributed by atoms with Gasteiger partial charge in [0.1, 0.15) is 5.75 Å². The van der Waals surface area contributed by atoms with Crippen molar-refractivity contribution in [2.75, 3.05) is 5.32 Å². The fourth-order valence-electron chi connectivity index (χ4n) is 2.74. The Balaban J connectivity index is 1.51. The molecule has 3 rings (SSSR count). The molecule has 0 heterocycles. The first-order valence-electron chi connectivity index (χ1n) is 7.96. The molecule has 0 atom stereocenters. The molecule has 2 amide bonds. The number of nitrogens with one attached hydrogen (secondary N) is 2. The maximum absolute atomic E-state index is 12.1. The maximum atomic E-state index is 12.1. The molecule has 0 spiro atoms. The molecule has 0 radical (unpaired) electrons. The number of hydrogen-bond donors (Lipinski definition) is 2. The molecular weight excluding hydrogens is 264 g/mol. The van der Waals surface area contributed by atoms with Crippen LogP contribution in [0.15, 0.2) is 24.3 Å². The largest absolute Gasteiger partial charge is 0.491 e. The Morgan fingerprint density at radius 1 is 1.10 bits per heavy atom. The van der Waals surface area contributed by atoms with Crippen molar-refractivity contribution in [3.63, 3.8) is 0 Å². The Labute approximate surface area is 126 Å². The third kappa shape index (κ3) is 4.13. The van der Waals surface area contributed by atoms with Crippen LogP contribution in [0.25, 0.3) is 0 Å². The number of hydrogen-bond acceptors (Lipinski definition) is 2. The van der Waals surface area contributed by atoms with E-state index in [4.69, 9.17) is 4.74 Å². The number of urea groups is 1. The lowest BCUT2D eigenvalue weighted by molar-refractivity contribution is 0.242. The van der Waals surface area contributed by atoms with Gasteiger partial charge in [-0.3, -0.25) is 0 Å². The Bertz CT molecular complexity index is 478. The molecule has 1 aromatic carbocycles. The lowest BCUT2D eigenvalue weighted by Gasteiger charge is -2.18. The van der Waals surface area contributed by atoms with Crippen LogP contribution in [-0.4, -0.2) is 18.2 Å². The highest BCUT2D eigenvalue weighted by Crippen LogP contribution is 2.44. The van der Waals surface area contributed by atoms with Crippen LogP contribution in [0, 0.1) is 11.8 Å². The first kappa shape index (κ1) is 14.2. The first-order valence-corrected chi connectivity index (χ1v) is 7.96. The van der Waals surface area contributed by atoms with Crippen molar-refractivity contribution in [3.8, 4) is 5.75 Å². The van der Waals surface area contributed by atoms with Crippen molar-refractivity contribution < 1.29 is 9.53 Å². The average Bonchev–Trinajstić information content (AvgIpc) is 3.30. The van der Waals surface area contributed by atoms with E-state index < -0.39 is 0 Å². The van der Waals surface area contributed by atoms with E-state index in [-0.39, 0.29) is 12.1 Å². The third-order valence-corrected chi connectivity index (χ3v) is 4.04. The summed E-state index contributed by atoms with van der Waals surface area (Å²) in [6.45, 7) is 3.99. The Morgan fingerprint density at radius 2 is 1.67 bits per heavy atom. The summed E-state index contributed by atoms with van der Waals surface area (Å²) in [5.41, 5.74) is 0.800. The first-order chi connectivity index (χ1) is 10.1. The van der Waals surface area contributed by atoms with Gasteiger partial charge in [0.25, 0.3) is 0 Å². The quantitative estimate of drug-likeness (QED) is 0.837. The van der Waals surface area contributed by atoms with E-state index in [1.54, 1.807) is 0 Å². The highest BCUT2D eigenvalue weighted by molar-refractivity contribution is 5.89. The van der Waals surface area contributed by atoms with Gasteiger partial charge in [-0.05, 0) is 75.6 Å². The zero-order valence-electron chi connectivity index (χ0n) is 12.8. The average molecular weight is 288 g/mol. The zero-order chi connectivity index (χ0) is 14.8. The van der Waals surface area contributed by atoms with E-state index in [1.807, 2.05) is 38.1 Å². The molecule has 4 heteroatoms. The smallest absolute Gasteiger partial charge is 0.319 e. The zero-order valence-corrected chi connectivity index (χ0v) is 12.8. The summed E-state index contributed by atoms with van der Waals surface area (Å²) in [6.07, 6.45) is 5.22. The number of ether oxygens (including phenoxy) is 1. The second-order valence-electron chi connectivity index (χ2n) is 6.49. The normalized spacial score (nSPS) is 17.9. The van der Waals surface area contributed by atoms with Crippen LogP contribution >= 0.6 is 0 Å². The van der Waals surface area contributed by atoms with Crippen LogP contribution in [0.2, 0.25) is 0 Å². The number of carbonyl (C=O) groups excluding carboxylic acids is 1. The van der Waals surface area contributed by atoms with Crippen LogP contribution in [0.4, 0.5) is 10.5 Å². The van der Waals surface area contributed by atoms with Gasteiger partial charge < -0.3 is 15.4 Å². The minimum atomic E-state index is -0.0867. The highest BCUT2D eigenvalue weighted by atomic mass is 16.5. The number of benzene rings is 1. The SMILES string of the molecule is CC(C)Oc1ccc(NC(=O)NC(C2CC2)C2CC2)cc1. The van der Waals surface area contributed by atoms with Crippen molar-refractivity contribution in [2.24, 2.45) is 11.8 Å². The van der Waals surface area contributed by atoms with E-state index in [2.05, 4.69) is 10.6 Å².